The van der Waals surface area contributed by atoms with E-state index in [-0.39, 0.29) is 11.1 Å². The molecule has 0 bridgehead atoms. The van der Waals surface area contributed by atoms with E-state index in [1.807, 2.05) is 54.6 Å². The second kappa shape index (κ2) is 6.54. The van der Waals surface area contributed by atoms with E-state index in [2.05, 4.69) is 21.2 Å². The summed E-state index contributed by atoms with van der Waals surface area (Å²) in [6, 6.07) is 17.0. The highest BCUT2D eigenvalue weighted by Gasteiger charge is 2.39. The molecule has 0 saturated carbocycles. The summed E-state index contributed by atoms with van der Waals surface area (Å²) in [5, 5.41) is 2.30. The Morgan fingerprint density at radius 3 is 2.41 bits per heavy atom. The molecule has 1 saturated heterocycles. The van der Waals surface area contributed by atoms with Crippen molar-refractivity contribution in [3.8, 4) is 0 Å². The maximum atomic E-state index is 12.4. The predicted molar refractivity (Wildman–Crippen MR) is 91.5 cm³/mol. The summed E-state index contributed by atoms with van der Waals surface area (Å²) in [6.07, 6.45) is 0. The van der Waals surface area contributed by atoms with Crippen LogP contribution in [0.15, 0.2) is 59.1 Å². The summed E-state index contributed by atoms with van der Waals surface area (Å²) in [7, 11) is 0. The van der Waals surface area contributed by atoms with Gasteiger partial charge < -0.3 is 5.32 Å². The highest BCUT2D eigenvalue weighted by Crippen LogP contribution is 2.29. The first-order valence-corrected chi connectivity index (χ1v) is 8.39. The molecule has 1 fully saturated rings. The van der Waals surface area contributed by atoms with Crippen molar-refractivity contribution in [1.29, 1.82) is 0 Å². The molecule has 3 rings (SSSR count). The van der Waals surface area contributed by atoms with Crippen LogP contribution in [0, 0.1) is 0 Å². The van der Waals surface area contributed by atoms with E-state index in [0.717, 1.165) is 27.5 Å². The van der Waals surface area contributed by atoms with Crippen LogP contribution in [0.25, 0.3) is 0 Å². The van der Waals surface area contributed by atoms with E-state index in [0.29, 0.717) is 6.54 Å². The van der Waals surface area contributed by atoms with Crippen LogP contribution in [0.5, 0.6) is 0 Å². The van der Waals surface area contributed by atoms with Crippen molar-refractivity contribution < 1.29 is 9.59 Å². The minimum atomic E-state index is -0.564. The molecule has 4 nitrogen and oxygen atoms in total. The van der Waals surface area contributed by atoms with Gasteiger partial charge in [-0.1, -0.05) is 46.3 Å². The second-order valence-corrected chi connectivity index (χ2v) is 6.80. The third-order valence-electron chi connectivity index (χ3n) is 3.25. The first kappa shape index (κ1) is 15.1. The Kier molecular flexibility index (Phi) is 4.49. The molecule has 1 N–H and O–H groups in total. The number of rotatable bonds is 4. The molecule has 112 valence electrons. The van der Waals surface area contributed by atoms with Gasteiger partial charge in [0, 0.05) is 10.2 Å². The van der Waals surface area contributed by atoms with E-state index in [9.17, 15) is 9.59 Å². The second-order valence-electron chi connectivity index (χ2n) is 4.83. The van der Waals surface area contributed by atoms with Crippen molar-refractivity contribution >= 4 is 44.5 Å². The SMILES string of the molecule is O=C1S[C@H](Nc2ccccc2)C(=O)N1Cc1ccc(Br)cc1. The van der Waals surface area contributed by atoms with Gasteiger partial charge in [-0.3, -0.25) is 14.5 Å². The van der Waals surface area contributed by atoms with Gasteiger partial charge in [-0.15, -0.1) is 0 Å². The number of amides is 2. The molecular weight excluding hydrogens is 364 g/mol. The van der Waals surface area contributed by atoms with E-state index < -0.39 is 5.37 Å². The van der Waals surface area contributed by atoms with Crippen molar-refractivity contribution in [2.45, 2.75) is 11.9 Å². The molecule has 0 spiro atoms. The molecule has 22 heavy (non-hydrogen) atoms. The molecular formula is C16H13BrN2O2S. The standard InChI is InChI=1S/C16H13BrN2O2S/c17-12-8-6-11(7-9-12)10-19-15(20)14(22-16(19)21)18-13-4-2-1-3-5-13/h1-9,14,18H,10H2/t14-/m0/s1. The number of hydrogen-bond donors (Lipinski definition) is 1. The monoisotopic (exact) mass is 376 g/mol. The largest absolute Gasteiger partial charge is 0.365 e. The summed E-state index contributed by atoms with van der Waals surface area (Å²) in [5.74, 6) is -0.207. The fourth-order valence-corrected chi connectivity index (χ4v) is 3.31. The van der Waals surface area contributed by atoms with Gasteiger partial charge in [-0.05, 0) is 41.6 Å². The van der Waals surface area contributed by atoms with Gasteiger partial charge in [0.2, 0.25) is 0 Å². The molecule has 6 heteroatoms. The van der Waals surface area contributed by atoms with Crippen molar-refractivity contribution in [2.75, 3.05) is 5.32 Å². The van der Waals surface area contributed by atoms with Gasteiger partial charge in [0.25, 0.3) is 11.1 Å². The summed E-state index contributed by atoms with van der Waals surface area (Å²) < 4.78 is 0.966. The first-order chi connectivity index (χ1) is 10.6. The first-order valence-electron chi connectivity index (χ1n) is 6.71. The number of nitrogens with zero attached hydrogens (tertiary/aromatic N) is 1. The number of carbonyl (C=O) groups excluding carboxylic acids is 2. The average Bonchev–Trinajstić information content (AvgIpc) is 2.78. The zero-order valence-electron chi connectivity index (χ0n) is 11.5. The average molecular weight is 377 g/mol. The zero-order valence-corrected chi connectivity index (χ0v) is 13.9. The smallest absolute Gasteiger partial charge is 0.291 e. The number of para-hydroxylation sites is 1. The number of hydrogen-bond acceptors (Lipinski definition) is 4. The lowest BCUT2D eigenvalue weighted by Gasteiger charge is -2.15. The number of halogens is 1. The molecule has 1 aliphatic heterocycles. The summed E-state index contributed by atoms with van der Waals surface area (Å²) in [4.78, 5) is 25.8. The number of carbonyl (C=O) groups is 2. The molecule has 1 aliphatic rings. The number of imide groups is 1. The molecule has 2 amide bonds. The third-order valence-corrected chi connectivity index (χ3v) is 4.76. The summed E-state index contributed by atoms with van der Waals surface area (Å²) in [6.45, 7) is 0.297. The molecule has 0 unspecified atom stereocenters. The summed E-state index contributed by atoms with van der Waals surface area (Å²) in [5.41, 5.74) is 1.75. The van der Waals surface area contributed by atoms with Gasteiger partial charge >= 0.3 is 0 Å². The molecule has 2 aromatic rings. The minimum absolute atomic E-state index is 0.207. The minimum Gasteiger partial charge on any atom is -0.365 e. The Balaban J connectivity index is 1.70. The van der Waals surface area contributed by atoms with Gasteiger partial charge in [0.1, 0.15) is 0 Å². The summed E-state index contributed by atoms with van der Waals surface area (Å²) >= 11 is 4.38. The van der Waals surface area contributed by atoms with Crippen molar-refractivity contribution in [1.82, 2.24) is 4.90 Å². The molecule has 1 atom stereocenters. The van der Waals surface area contributed by atoms with Crippen molar-refractivity contribution in [2.24, 2.45) is 0 Å². The fourth-order valence-electron chi connectivity index (χ4n) is 2.14. The van der Waals surface area contributed by atoms with Gasteiger partial charge in [-0.2, -0.15) is 0 Å². The number of nitrogens with one attached hydrogen (secondary N) is 1. The number of thioether (sulfide) groups is 1. The molecule has 2 aromatic carbocycles. The van der Waals surface area contributed by atoms with Gasteiger partial charge in [0.05, 0.1) is 6.54 Å². The van der Waals surface area contributed by atoms with Crippen LogP contribution < -0.4 is 5.32 Å². The van der Waals surface area contributed by atoms with E-state index >= 15 is 0 Å². The zero-order chi connectivity index (χ0) is 15.5. The normalized spacial score (nSPS) is 17.9. The van der Waals surface area contributed by atoms with Crippen molar-refractivity contribution in [3.63, 3.8) is 0 Å². The lowest BCUT2D eigenvalue weighted by atomic mass is 10.2. The van der Waals surface area contributed by atoms with E-state index in [1.165, 1.54) is 4.90 Å². The van der Waals surface area contributed by atoms with Crippen LogP contribution in [-0.4, -0.2) is 21.4 Å². The highest BCUT2D eigenvalue weighted by molar-refractivity contribution is 9.10. The van der Waals surface area contributed by atoms with Crippen LogP contribution in [0.1, 0.15) is 5.56 Å². The molecule has 0 radical (unpaired) electrons. The lowest BCUT2D eigenvalue weighted by molar-refractivity contribution is -0.126. The Labute approximate surface area is 141 Å². The third kappa shape index (κ3) is 3.34. The van der Waals surface area contributed by atoms with Crippen molar-refractivity contribution in [3.05, 3.63) is 64.6 Å². The van der Waals surface area contributed by atoms with Crippen LogP contribution in [0.2, 0.25) is 0 Å². The highest BCUT2D eigenvalue weighted by atomic mass is 79.9. The van der Waals surface area contributed by atoms with Crippen LogP contribution in [0.3, 0.4) is 0 Å². The van der Waals surface area contributed by atoms with E-state index in [1.54, 1.807) is 0 Å². The maximum Gasteiger partial charge on any atom is 0.291 e. The Morgan fingerprint density at radius 1 is 1.05 bits per heavy atom. The molecule has 0 aliphatic carbocycles. The maximum absolute atomic E-state index is 12.4. The van der Waals surface area contributed by atoms with Gasteiger partial charge in [0.15, 0.2) is 5.37 Å². The van der Waals surface area contributed by atoms with Crippen LogP contribution in [0.4, 0.5) is 10.5 Å². The quantitative estimate of drug-likeness (QED) is 0.872. The Bertz CT molecular complexity index is 691. The fraction of sp³-hybridized carbons (Fsp3) is 0.125. The Hall–Kier alpha value is -1.79. The molecule has 1 heterocycles. The number of anilines is 1. The molecule has 0 aromatic heterocycles. The van der Waals surface area contributed by atoms with E-state index in [4.69, 9.17) is 0 Å². The van der Waals surface area contributed by atoms with Crippen LogP contribution in [-0.2, 0) is 11.3 Å². The van der Waals surface area contributed by atoms with Crippen LogP contribution >= 0.6 is 27.7 Å². The topological polar surface area (TPSA) is 49.4 Å². The predicted octanol–water partition coefficient (Wildman–Crippen LogP) is 4.08. The number of benzene rings is 2. The van der Waals surface area contributed by atoms with Gasteiger partial charge in [-0.25, -0.2) is 0 Å². The lowest BCUT2D eigenvalue weighted by Crippen LogP contribution is -2.33. The Morgan fingerprint density at radius 2 is 1.73 bits per heavy atom.